The minimum absolute atomic E-state index is 0. The molecular weight excluding hydrogens is 402 g/mol. The van der Waals surface area contributed by atoms with Gasteiger partial charge in [-0.3, -0.25) is 4.18 Å². The van der Waals surface area contributed by atoms with E-state index in [0.717, 1.165) is 12.8 Å². The first-order chi connectivity index (χ1) is 12.4. The summed E-state index contributed by atoms with van der Waals surface area (Å²) in [5, 5.41) is 16.7. The second kappa shape index (κ2) is 22.1. The van der Waals surface area contributed by atoms with Gasteiger partial charge in [0.2, 0.25) is 0 Å². The Hall–Kier alpha value is 0.400. The summed E-state index contributed by atoms with van der Waals surface area (Å²) in [5.41, 5.74) is 0. The zero-order valence-electron chi connectivity index (χ0n) is 17.5. The third kappa shape index (κ3) is 21.1. The van der Waals surface area contributed by atoms with Crippen molar-refractivity contribution < 1.29 is 86.7 Å². The molecule has 0 aliphatic rings. The second-order valence-corrected chi connectivity index (χ2v) is 7.64. The molecule has 0 aliphatic carbocycles. The van der Waals surface area contributed by atoms with Crippen molar-refractivity contribution in [3.05, 3.63) is 30.3 Å². The van der Waals surface area contributed by atoms with Crippen LogP contribution in [0.15, 0.2) is 35.2 Å². The average molecular weight is 432 g/mol. The van der Waals surface area contributed by atoms with Crippen LogP contribution in [0.5, 0.6) is 0 Å². The fraction of sp³-hybridized carbons (Fsp3) is 0.632. The molecule has 0 fully saturated rings. The van der Waals surface area contributed by atoms with Crippen LogP contribution in [0.2, 0.25) is 0 Å². The average Bonchev–Trinajstić information content (AvgIpc) is 2.60. The minimum atomic E-state index is -3.57. The number of benzene rings is 1. The SMILES string of the molecule is CCCCCCCCCCCCOS(=O)(=O)c1ccccc1.O=C([O-])[O-].[Na+].[Na+]. The van der Waals surface area contributed by atoms with Gasteiger partial charge in [-0.2, -0.15) is 8.42 Å². The molecule has 0 amide bonds. The first kappa shape index (κ1) is 33.0. The van der Waals surface area contributed by atoms with Crippen molar-refractivity contribution in [2.24, 2.45) is 0 Å². The normalized spacial score (nSPS) is 10.0. The van der Waals surface area contributed by atoms with E-state index < -0.39 is 16.3 Å². The molecule has 1 aromatic rings. The Kier molecular flexibility index (Phi) is 26.1. The summed E-state index contributed by atoms with van der Waals surface area (Å²) in [6.07, 6.45) is 9.93. The Labute approximate surface area is 214 Å². The molecule has 0 radical (unpaired) electrons. The maximum Gasteiger partial charge on any atom is 1.00 e. The van der Waals surface area contributed by atoms with Crippen LogP contribution < -0.4 is 69.3 Å². The molecule has 0 heterocycles. The van der Waals surface area contributed by atoms with Gasteiger partial charge in [-0.25, -0.2) is 0 Å². The van der Waals surface area contributed by atoms with Gasteiger partial charge in [0.15, 0.2) is 0 Å². The van der Waals surface area contributed by atoms with Gasteiger partial charge < -0.3 is 15.0 Å². The molecule has 0 aromatic heterocycles. The summed E-state index contributed by atoms with van der Waals surface area (Å²) in [4.78, 5) is 8.57. The van der Waals surface area contributed by atoms with Crippen LogP contribution in [0.3, 0.4) is 0 Å². The number of unbranched alkanes of at least 4 members (excludes halogenated alkanes) is 9. The third-order valence-electron chi connectivity index (χ3n) is 3.77. The number of carboxylic acid groups (broad SMARTS) is 2. The molecule has 9 heteroatoms. The van der Waals surface area contributed by atoms with Crippen molar-refractivity contribution in [3.8, 4) is 0 Å². The first-order valence-corrected chi connectivity index (χ1v) is 10.6. The topological polar surface area (TPSA) is 107 Å². The summed E-state index contributed by atoms with van der Waals surface area (Å²) >= 11 is 0. The standard InChI is InChI=1S/C18H30O3S.CH2O3.2Na/c1-2-3-4-5-6-7-8-9-10-14-17-21-22(19,20)18-15-12-11-13-16-18;2-1(3)4;;/h11-13,15-16H,2-10,14,17H2,1H3;(H2,2,3,4);;/q;;2*+1/p-2. The quantitative estimate of drug-likeness (QED) is 0.185. The van der Waals surface area contributed by atoms with E-state index in [1.54, 1.807) is 30.3 Å². The molecule has 28 heavy (non-hydrogen) atoms. The molecule has 1 aromatic carbocycles. The Morgan fingerprint density at radius 1 is 0.821 bits per heavy atom. The Morgan fingerprint density at radius 2 is 1.21 bits per heavy atom. The number of carbonyl (C=O) groups is 1. The third-order valence-corrected chi connectivity index (χ3v) is 5.09. The van der Waals surface area contributed by atoms with Crippen molar-refractivity contribution in [3.63, 3.8) is 0 Å². The van der Waals surface area contributed by atoms with Crippen molar-refractivity contribution in [2.45, 2.75) is 76.0 Å². The Bertz CT molecular complexity index is 563. The van der Waals surface area contributed by atoms with Gasteiger partial charge in [-0.15, -0.1) is 0 Å². The van der Waals surface area contributed by atoms with Crippen LogP contribution in [0.4, 0.5) is 4.79 Å². The molecule has 0 saturated carbocycles. The van der Waals surface area contributed by atoms with Gasteiger partial charge in [0.1, 0.15) is 0 Å². The molecule has 0 aliphatic heterocycles. The van der Waals surface area contributed by atoms with Crippen molar-refractivity contribution >= 4 is 16.3 Å². The van der Waals surface area contributed by atoms with E-state index in [0.29, 0.717) is 0 Å². The monoisotopic (exact) mass is 432 g/mol. The Balaban J connectivity index is -0.000000948. The van der Waals surface area contributed by atoms with E-state index in [4.69, 9.17) is 19.2 Å². The van der Waals surface area contributed by atoms with Crippen LogP contribution in [0.25, 0.3) is 0 Å². The smallest absolute Gasteiger partial charge is 0.652 e. The molecule has 0 bridgehead atoms. The number of carbonyl (C=O) groups excluding carboxylic acids is 1. The molecule has 150 valence electrons. The molecule has 0 atom stereocenters. The molecule has 0 saturated heterocycles. The Morgan fingerprint density at radius 3 is 1.64 bits per heavy atom. The fourth-order valence-corrected chi connectivity index (χ4v) is 3.38. The molecule has 6 nitrogen and oxygen atoms in total. The molecule has 1 rings (SSSR count). The zero-order valence-corrected chi connectivity index (χ0v) is 22.3. The van der Waals surface area contributed by atoms with Crippen molar-refractivity contribution in [2.75, 3.05) is 6.61 Å². The second-order valence-electron chi connectivity index (χ2n) is 6.02. The van der Waals surface area contributed by atoms with E-state index >= 15 is 0 Å². The summed E-state index contributed by atoms with van der Waals surface area (Å²) in [6.45, 7) is 2.52. The van der Waals surface area contributed by atoms with Gasteiger partial charge in [0, 0.05) is 0 Å². The zero-order chi connectivity index (χ0) is 19.7. The summed E-state index contributed by atoms with van der Waals surface area (Å²) in [6, 6.07) is 8.33. The number of hydrogen-bond acceptors (Lipinski definition) is 6. The molecule has 0 N–H and O–H groups in total. The van der Waals surface area contributed by atoms with Crippen LogP contribution in [-0.4, -0.2) is 21.2 Å². The predicted molar refractivity (Wildman–Crippen MR) is 96.8 cm³/mol. The summed E-state index contributed by atoms with van der Waals surface area (Å²) in [5.74, 6) is 0. The summed E-state index contributed by atoms with van der Waals surface area (Å²) in [7, 11) is -3.57. The van der Waals surface area contributed by atoms with Crippen LogP contribution in [-0.2, 0) is 14.3 Å². The van der Waals surface area contributed by atoms with E-state index in [1.807, 2.05) is 0 Å². The maximum absolute atomic E-state index is 11.9. The molecule has 0 unspecified atom stereocenters. The molecular formula is C19H30Na2O6S. The predicted octanol–water partition coefficient (Wildman–Crippen LogP) is -3.13. The van der Waals surface area contributed by atoms with E-state index in [2.05, 4.69) is 6.92 Å². The van der Waals surface area contributed by atoms with Gasteiger partial charge in [-0.05, 0) is 24.7 Å². The largest absolute Gasteiger partial charge is 1.00 e. The number of rotatable bonds is 13. The van der Waals surface area contributed by atoms with Gasteiger partial charge in [0.25, 0.3) is 10.1 Å². The fourth-order valence-electron chi connectivity index (χ4n) is 2.41. The summed E-state index contributed by atoms with van der Waals surface area (Å²) < 4.78 is 28.8. The number of hydrogen-bond donors (Lipinski definition) is 0. The van der Waals surface area contributed by atoms with E-state index in [1.165, 1.54) is 51.4 Å². The van der Waals surface area contributed by atoms with Crippen molar-refractivity contribution in [1.29, 1.82) is 0 Å². The van der Waals surface area contributed by atoms with Crippen LogP contribution >= 0.6 is 0 Å². The molecule has 0 spiro atoms. The van der Waals surface area contributed by atoms with Crippen molar-refractivity contribution in [1.82, 2.24) is 0 Å². The maximum atomic E-state index is 11.9. The van der Waals surface area contributed by atoms with Crippen LogP contribution in [0, 0.1) is 0 Å². The van der Waals surface area contributed by atoms with Gasteiger partial charge in [0.05, 0.1) is 11.5 Å². The van der Waals surface area contributed by atoms with E-state index in [9.17, 15) is 8.42 Å². The van der Waals surface area contributed by atoms with Crippen LogP contribution in [0.1, 0.15) is 71.1 Å². The van der Waals surface area contributed by atoms with E-state index in [-0.39, 0.29) is 70.6 Å². The minimum Gasteiger partial charge on any atom is -0.652 e. The first-order valence-electron chi connectivity index (χ1n) is 9.22. The van der Waals surface area contributed by atoms with Gasteiger partial charge in [-0.1, -0.05) is 82.9 Å². The van der Waals surface area contributed by atoms with Gasteiger partial charge >= 0.3 is 59.1 Å².